The number of nitrogens with zero attached hydrogens (tertiary/aromatic N) is 1. The number of hydrogen-bond acceptors (Lipinski definition) is 1. The standard InChI is InChI=1S/C13H14ClN/c1-2-3-4-10-7-8-15-13-9-11(14)5-6-12(10)13/h5-9H,2-4H2,1H3. The first-order valence-electron chi connectivity index (χ1n) is 5.34. The first kappa shape index (κ1) is 10.4. The highest BCUT2D eigenvalue weighted by atomic mass is 35.5. The zero-order valence-corrected chi connectivity index (χ0v) is 9.59. The summed E-state index contributed by atoms with van der Waals surface area (Å²) in [5.41, 5.74) is 2.37. The molecule has 1 heterocycles. The Balaban J connectivity index is 2.46. The molecule has 0 aliphatic rings. The van der Waals surface area contributed by atoms with Crippen molar-refractivity contribution in [3.05, 3.63) is 41.0 Å². The number of unbranched alkanes of at least 4 members (excludes halogenated alkanes) is 1. The number of benzene rings is 1. The molecule has 1 aromatic carbocycles. The quantitative estimate of drug-likeness (QED) is 0.753. The van der Waals surface area contributed by atoms with Crippen LogP contribution in [-0.2, 0) is 6.42 Å². The van der Waals surface area contributed by atoms with Crippen molar-refractivity contribution < 1.29 is 0 Å². The number of pyridine rings is 1. The van der Waals surface area contributed by atoms with E-state index in [-0.39, 0.29) is 0 Å². The van der Waals surface area contributed by atoms with E-state index in [9.17, 15) is 0 Å². The highest BCUT2D eigenvalue weighted by molar-refractivity contribution is 6.31. The van der Waals surface area contributed by atoms with E-state index in [1.54, 1.807) is 0 Å². The summed E-state index contributed by atoms with van der Waals surface area (Å²) in [5.74, 6) is 0. The van der Waals surface area contributed by atoms with Gasteiger partial charge in [0.15, 0.2) is 0 Å². The maximum absolute atomic E-state index is 5.94. The summed E-state index contributed by atoms with van der Waals surface area (Å²) in [4.78, 5) is 4.33. The highest BCUT2D eigenvalue weighted by Crippen LogP contribution is 2.21. The summed E-state index contributed by atoms with van der Waals surface area (Å²) in [7, 11) is 0. The van der Waals surface area contributed by atoms with E-state index in [0.717, 1.165) is 17.0 Å². The predicted octanol–water partition coefficient (Wildman–Crippen LogP) is 4.23. The van der Waals surface area contributed by atoms with Gasteiger partial charge in [0.25, 0.3) is 0 Å². The molecule has 0 fully saturated rings. The van der Waals surface area contributed by atoms with Crippen LogP contribution in [0, 0.1) is 0 Å². The van der Waals surface area contributed by atoms with Crippen molar-refractivity contribution in [2.24, 2.45) is 0 Å². The molecule has 0 saturated carbocycles. The van der Waals surface area contributed by atoms with E-state index in [0.29, 0.717) is 0 Å². The molecule has 0 spiro atoms. The largest absolute Gasteiger partial charge is 0.256 e. The van der Waals surface area contributed by atoms with Gasteiger partial charge in [0, 0.05) is 16.6 Å². The van der Waals surface area contributed by atoms with E-state index in [1.807, 2.05) is 18.3 Å². The van der Waals surface area contributed by atoms with E-state index >= 15 is 0 Å². The molecule has 2 rings (SSSR count). The molecule has 2 aromatic rings. The van der Waals surface area contributed by atoms with Gasteiger partial charge in [0.1, 0.15) is 0 Å². The van der Waals surface area contributed by atoms with E-state index in [1.165, 1.54) is 23.8 Å². The summed E-state index contributed by atoms with van der Waals surface area (Å²) < 4.78 is 0. The van der Waals surface area contributed by atoms with E-state index < -0.39 is 0 Å². The van der Waals surface area contributed by atoms with Crippen LogP contribution in [0.4, 0.5) is 0 Å². The van der Waals surface area contributed by atoms with Crippen molar-refractivity contribution in [1.29, 1.82) is 0 Å². The Kier molecular flexibility index (Phi) is 3.22. The minimum atomic E-state index is 0.752. The summed E-state index contributed by atoms with van der Waals surface area (Å²) >= 11 is 5.94. The molecule has 0 aliphatic carbocycles. The second kappa shape index (κ2) is 4.63. The van der Waals surface area contributed by atoms with Gasteiger partial charge >= 0.3 is 0 Å². The van der Waals surface area contributed by atoms with E-state index in [2.05, 4.69) is 24.0 Å². The maximum atomic E-state index is 5.94. The SMILES string of the molecule is CCCCc1ccnc2cc(Cl)ccc12. The number of hydrogen-bond donors (Lipinski definition) is 0. The van der Waals surface area contributed by atoms with Gasteiger partial charge in [-0.3, -0.25) is 4.98 Å². The molecule has 78 valence electrons. The molecule has 1 nitrogen and oxygen atoms in total. The van der Waals surface area contributed by atoms with Gasteiger partial charge < -0.3 is 0 Å². The predicted molar refractivity (Wildman–Crippen MR) is 65.4 cm³/mol. The van der Waals surface area contributed by atoms with Crippen LogP contribution < -0.4 is 0 Å². The van der Waals surface area contributed by atoms with Crippen molar-refractivity contribution in [2.75, 3.05) is 0 Å². The molecular formula is C13H14ClN. The molecule has 0 unspecified atom stereocenters. The van der Waals surface area contributed by atoms with Crippen LogP contribution in [0.1, 0.15) is 25.3 Å². The number of fused-ring (bicyclic) bond motifs is 1. The van der Waals surface area contributed by atoms with Gasteiger partial charge in [0.2, 0.25) is 0 Å². The average molecular weight is 220 g/mol. The van der Waals surface area contributed by atoms with Crippen LogP contribution in [0.25, 0.3) is 10.9 Å². The van der Waals surface area contributed by atoms with Crippen LogP contribution in [0.5, 0.6) is 0 Å². The van der Waals surface area contributed by atoms with Crippen LogP contribution >= 0.6 is 11.6 Å². The first-order chi connectivity index (χ1) is 7.31. The third-order valence-electron chi connectivity index (χ3n) is 2.59. The van der Waals surface area contributed by atoms with Gasteiger partial charge in [-0.05, 0) is 36.6 Å². The Bertz CT molecular complexity index is 465. The zero-order valence-electron chi connectivity index (χ0n) is 8.83. The van der Waals surface area contributed by atoms with Gasteiger partial charge in [0.05, 0.1) is 5.52 Å². The number of aromatic nitrogens is 1. The van der Waals surface area contributed by atoms with E-state index in [4.69, 9.17) is 11.6 Å². The van der Waals surface area contributed by atoms with Gasteiger partial charge in [-0.2, -0.15) is 0 Å². The number of aryl methyl sites for hydroxylation is 1. The van der Waals surface area contributed by atoms with Crippen LogP contribution in [-0.4, -0.2) is 4.98 Å². The first-order valence-corrected chi connectivity index (χ1v) is 5.72. The third-order valence-corrected chi connectivity index (χ3v) is 2.83. The molecule has 15 heavy (non-hydrogen) atoms. The lowest BCUT2D eigenvalue weighted by Crippen LogP contribution is -1.89. The van der Waals surface area contributed by atoms with Crippen molar-refractivity contribution in [3.63, 3.8) is 0 Å². The molecule has 0 atom stereocenters. The van der Waals surface area contributed by atoms with Crippen LogP contribution in [0.2, 0.25) is 5.02 Å². The molecule has 0 aliphatic heterocycles. The number of halogens is 1. The summed E-state index contributed by atoms with van der Waals surface area (Å²) in [6, 6.07) is 8.02. The van der Waals surface area contributed by atoms with Gasteiger partial charge in [-0.25, -0.2) is 0 Å². The third kappa shape index (κ3) is 2.29. The fourth-order valence-electron chi connectivity index (χ4n) is 1.77. The Morgan fingerprint density at radius 3 is 2.93 bits per heavy atom. The Labute approximate surface area is 95.1 Å². The van der Waals surface area contributed by atoms with Crippen molar-refractivity contribution in [3.8, 4) is 0 Å². The van der Waals surface area contributed by atoms with Crippen molar-refractivity contribution in [1.82, 2.24) is 4.98 Å². The topological polar surface area (TPSA) is 12.9 Å². The lowest BCUT2D eigenvalue weighted by atomic mass is 10.0. The minimum Gasteiger partial charge on any atom is -0.256 e. The Morgan fingerprint density at radius 1 is 1.27 bits per heavy atom. The monoisotopic (exact) mass is 219 g/mol. The molecule has 0 bridgehead atoms. The molecule has 2 heteroatoms. The highest BCUT2D eigenvalue weighted by Gasteiger charge is 2.01. The van der Waals surface area contributed by atoms with Gasteiger partial charge in [-0.1, -0.05) is 31.0 Å². The average Bonchev–Trinajstić information content (AvgIpc) is 2.25. The fraction of sp³-hybridized carbons (Fsp3) is 0.308. The Morgan fingerprint density at radius 2 is 2.13 bits per heavy atom. The molecule has 0 N–H and O–H groups in total. The zero-order chi connectivity index (χ0) is 10.7. The molecule has 1 aromatic heterocycles. The smallest absolute Gasteiger partial charge is 0.0719 e. The molecule has 0 saturated heterocycles. The summed E-state index contributed by atoms with van der Waals surface area (Å²) in [6.45, 7) is 2.21. The molecule has 0 radical (unpaired) electrons. The second-order valence-corrected chi connectivity index (χ2v) is 4.17. The normalized spacial score (nSPS) is 10.8. The molecular weight excluding hydrogens is 206 g/mol. The van der Waals surface area contributed by atoms with Crippen LogP contribution in [0.15, 0.2) is 30.5 Å². The second-order valence-electron chi connectivity index (χ2n) is 3.74. The van der Waals surface area contributed by atoms with Gasteiger partial charge in [-0.15, -0.1) is 0 Å². The lowest BCUT2D eigenvalue weighted by molar-refractivity contribution is 0.798. The number of rotatable bonds is 3. The van der Waals surface area contributed by atoms with Crippen LogP contribution in [0.3, 0.4) is 0 Å². The lowest BCUT2D eigenvalue weighted by Gasteiger charge is -2.05. The fourth-order valence-corrected chi connectivity index (χ4v) is 1.93. The minimum absolute atomic E-state index is 0.752. The Hall–Kier alpha value is -1.08. The van der Waals surface area contributed by atoms with Crippen molar-refractivity contribution in [2.45, 2.75) is 26.2 Å². The molecule has 0 amide bonds. The maximum Gasteiger partial charge on any atom is 0.0719 e. The summed E-state index contributed by atoms with van der Waals surface area (Å²) in [6.07, 6.45) is 5.43. The summed E-state index contributed by atoms with van der Waals surface area (Å²) in [5, 5.41) is 1.98. The van der Waals surface area contributed by atoms with Crippen molar-refractivity contribution >= 4 is 22.5 Å².